The molecule has 1 atom stereocenters. The maximum Gasteiger partial charge on any atom is 0.244 e. The van der Waals surface area contributed by atoms with Crippen LogP contribution in [0.1, 0.15) is 36.8 Å². The molecule has 3 aromatic rings. The highest BCUT2D eigenvalue weighted by molar-refractivity contribution is 7.92. The molecule has 39 heavy (non-hydrogen) atoms. The fraction of sp³-hybridized carbons (Fsp3) is 0.333. The molecule has 1 aliphatic rings. The Hall–Kier alpha value is -3.72. The lowest BCUT2D eigenvalue weighted by molar-refractivity contribution is -0.140. The standard InChI is InChI=1S/C30H34FN3O4S/c1-39(37,38)34(27-18-16-25(31)17-19-27)22-29(35)33(21-24-12-6-3-7-13-24)28(20-23-10-4-2-5-11-23)30(36)32-26-14-8-9-15-26/h2-7,10-13,16-19,26,28H,8-9,14-15,20-22H2,1H3,(H,32,36). The summed E-state index contributed by atoms with van der Waals surface area (Å²) in [6.07, 6.45) is 5.14. The molecule has 1 unspecified atom stereocenters. The molecule has 0 radical (unpaired) electrons. The first-order valence-corrected chi connectivity index (χ1v) is 15.0. The van der Waals surface area contributed by atoms with Crippen molar-refractivity contribution in [1.82, 2.24) is 10.2 Å². The summed E-state index contributed by atoms with van der Waals surface area (Å²) in [6, 6.07) is 22.9. The summed E-state index contributed by atoms with van der Waals surface area (Å²) < 4.78 is 40.0. The molecule has 4 rings (SSSR count). The van der Waals surface area contributed by atoms with Crippen LogP contribution in [0, 0.1) is 5.82 Å². The monoisotopic (exact) mass is 551 g/mol. The van der Waals surface area contributed by atoms with E-state index >= 15 is 0 Å². The summed E-state index contributed by atoms with van der Waals surface area (Å²) in [7, 11) is -3.89. The van der Waals surface area contributed by atoms with Gasteiger partial charge in [-0.3, -0.25) is 13.9 Å². The first-order valence-electron chi connectivity index (χ1n) is 13.1. The second-order valence-corrected chi connectivity index (χ2v) is 11.9. The quantitative estimate of drug-likeness (QED) is 0.385. The van der Waals surface area contributed by atoms with Crippen LogP contribution in [0.3, 0.4) is 0 Å². The van der Waals surface area contributed by atoms with E-state index in [1.807, 2.05) is 60.7 Å². The van der Waals surface area contributed by atoms with Gasteiger partial charge < -0.3 is 10.2 Å². The van der Waals surface area contributed by atoms with Crippen molar-refractivity contribution < 1.29 is 22.4 Å². The number of anilines is 1. The third kappa shape index (κ3) is 7.89. The molecule has 1 saturated carbocycles. The summed E-state index contributed by atoms with van der Waals surface area (Å²) in [5.41, 5.74) is 1.86. The van der Waals surface area contributed by atoms with Crippen LogP contribution in [0.5, 0.6) is 0 Å². The number of hydrogen-bond acceptors (Lipinski definition) is 4. The largest absolute Gasteiger partial charge is 0.352 e. The topological polar surface area (TPSA) is 86.8 Å². The van der Waals surface area contributed by atoms with Crippen molar-refractivity contribution in [2.24, 2.45) is 0 Å². The number of rotatable bonds is 11. The number of carbonyl (C=O) groups excluding carboxylic acids is 2. The van der Waals surface area contributed by atoms with Crippen LogP contribution in [0.15, 0.2) is 84.9 Å². The van der Waals surface area contributed by atoms with Crippen molar-refractivity contribution in [3.05, 3.63) is 102 Å². The highest BCUT2D eigenvalue weighted by Crippen LogP contribution is 2.22. The molecule has 1 N–H and O–H groups in total. The Morgan fingerprint density at radius 2 is 1.46 bits per heavy atom. The Bertz CT molecular complexity index is 1350. The molecule has 0 bridgehead atoms. The Morgan fingerprint density at radius 3 is 2.03 bits per heavy atom. The minimum absolute atomic E-state index is 0.0520. The molecule has 0 heterocycles. The molecule has 1 aliphatic carbocycles. The van der Waals surface area contributed by atoms with Gasteiger partial charge in [0.15, 0.2) is 0 Å². The molecule has 206 valence electrons. The number of nitrogens with one attached hydrogen (secondary N) is 1. The van der Waals surface area contributed by atoms with E-state index in [9.17, 15) is 22.4 Å². The van der Waals surface area contributed by atoms with Crippen LogP contribution in [0.4, 0.5) is 10.1 Å². The van der Waals surface area contributed by atoms with Crippen molar-refractivity contribution in [2.75, 3.05) is 17.1 Å². The van der Waals surface area contributed by atoms with E-state index in [-0.39, 0.29) is 30.6 Å². The van der Waals surface area contributed by atoms with Gasteiger partial charge >= 0.3 is 0 Å². The van der Waals surface area contributed by atoms with Crippen molar-refractivity contribution >= 4 is 27.5 Å². The predicted octanol–water partition coefficient (Wildman–Crippen LogP) is 4.29. The highest BCUT2D eigenvalue weighted by atomic mass is 32.2. The molecular formula is C30H34FN3O4S. The zero-order valence-corrected chi connectivity index (χ0v) is 22.8. The summed E-state index contributed by atoms with van der Waals surface area (Å²) >= 11 is 0. The first kappa shape index (κ1) is 28.3. The van der Waals surface area contributed by atoms with Gasteiger partial charge in [-0.2, -0.15) is 0 Å². The van der Waals surface area contributed by atoms with Crippen LogP contribution in [0.2, 0.25) is 0 Å². The van der Waals surface area contributed by atoms with Crippen LogP contribution in [-0.2, 0) is 32.6 Å². The number of halogens is 1. The van der Waals surface area contributed by atoms with Gasteiger partial charge in [-0.15, -0.1) is 0 Å². The second kappa shape index (κ2) is 12.9. The van der Waals surface area contributed by atoms with Crippen molar-refractivity contribution in [2.45, 2.75) is 50.7 Å². The maximum absolute atomic E-state index is 14.0. The number of benzene rings is 3. The SMILES string of the molecule is CS(=O)(=O)N(CC(=O)N(Cc1ccccc1)C(Cc1ccccc1)C(=O)NC1CCCC1)c1ccc(F)cc1. The van der Waals surface area contributed by atoms with Gasteiger partial charge in [0.25, 0.3) is 0 Å². The van der Waals surface area contributed by atoms with E-state index in [1.54, 1.807) is 0 Å². The Labute approximate surface area is 229 Å². The van der Waals surface area contributed by atoms with Crippen molar-refractivity contribution in [1.29, 1.82) is 0 Å². The van der Waals surface area contributed by atoms with Gasteiger partial charge in [-0.05, 0) is 48.2 Å². The number of amides is 2. The number of sulfonamides is 1. The van der Waals surface area contributed by atoms with Crippen molar-refractivity contribution in [3.63, 3.8) is 0 Å². The van der Waals surface area contributed by atoms with Crippen LogP contribution >= 0.6 is 0 Å². The van der Waals surface area contributed by atoms with Crippen LogP contribution < -0.4 is 9.62 Å². The van der Waals surface area contributed by atoms with Gasteiger partial charge in [0.05, 0.1) is 11.9 Å². The fourth-order valence-electron chi connectivity index (χ4n) is 4.92. The second-order valence-electron chi connectivity index (χ2n) is 9.95. The Morgan fingerprint density at radius 1 is 0.897 bits per heavy atom. The van der Waals surface area contributed by atoms with Gasteiger partial charge in [0, 0.05) is 19.0 Å². The van der Waals surface area contributed by atoms with Gasteiger partial charge in [0.1, 0.15) is 18.4 Å². The molecule has 2 amide bonds. The molecule has 1 fully saturated rings. The van der Waals surface area contributed by atoms with Crippen LogP contribution in [-0.4, -0.2) is 50.0 Å². The number of nitrogens with zero attached hydrogens (tertiary/aromatic N) is 2. The zero-order valence-electron chi connectivity index (χ0n) is 22.0. The lowest BCUT2D eigenvalue weighted by Gasteiger charge is -2.34. The molecule has 7 nitrogen and oxygen atoms in total. The lowest BCUT2D eigenvalue weighted by atomic mass is 10.0. The fourth-order valence-corrected chi connectivity index (χ4v) is 5.77. The summed E-state index contributed by atoms with van der Waals surface area (Å²) in [5.74, 6) is -1.31. The molecule has 0 aromatic heterocycles. The third-order valence-electron chi connectivity index (χ3n) is 6.96. The number of hydrogen-bond donors (Lipinski definition) is 1. The average molecular weight is 552 g/mol. The molecule has 0 saturated heterocycles. The zero-order chi connectivity index (χ0) is 27.8. The third-order valence-corrected chi connectivity index (χ3v) is 8.10. The predicted molar refractivity (Wildman–Crippen MR) is 150 cm³/mol. The molecule has 0 aliphatic heterocycles. The summed E-state index contributed by atoms with van der Waals surface area (Å²) in [5, 5.41) is 3.14. The van der Waals surface area contributed by atoms with E-state index in [0.29, 0.717) is 0 Å². The number of carbonyl (C=O) groups is 2. The Kier molecular flexibility index (Phi) is 9.35. The normalized spacial score (nSPS) is 14.5. The Balaban J connectivity index is 1.70. The van der Waals surface area contributed by atoms with E-state index in [0.717, 1.165) is 59.5 Å². The van der Waals surface area contributed by atoms with Crippen LogP contribution in [0.25, 0.3) is 0 Å². The molecule has 9 heteroatoms. The summed E-state index contributed by atoms with van der Waals surface area (Å²) in [6.45, 7) is -0.407. The molecular weight excluding hydrogens is 517 g/mol. The van der Waals surface area contributed by atoms with Gasteiger partial charge in [0.2, 0.25) is 21.8 Å². The smallest absolute Gasteiger partial charge is 0.244 e. The molecule has 0 spiro atoms. The molecule has 3 aromatic carbocycles. The van der Waals surface area contributed by atoms with Gasteiger partial charge in [-0.25, -0.2) is 12.8 Å². The average Bonchev–Trinajstić information content (AvgIpc) is 3.43. The summed E-state index contributed by atoms with van der Waals surface area (Å²) in [4.78, 5) is 29.2. The van der Waals surface area contributed by atoms with E-state index in [4.69, 9.17) is 0 Å². The maximum atomic E-state index is 14.0. The van der Waals surface area contributed by atoms with E-state index in [1.165, 1.54) is 17.0 Å². The minimum atomic E-state index is -3.89. The lowest BCUT2D eigenvalue weighted by Crippen LogP contribution is -2.54. The van der Waals surface area contributed by atoms with E-state index in [2.05, 4.69) is 5.32 Å². The minimum Gasteiger partial charge on any atom is -0.352 e. The van der Waals surface area contributed by atoms with Gasteiger partial charge in [-0.1, -0.05) is 73.5 Å². The highest BCUT2D eigenvalue weighted by Gasteiger charge is 2.34. The van der Waals surface area contributed by atoms with Crippen molar-refractivity contribution in [3.8, 4) is 0 Å². The first-order chi connectivity index (χ1) is 18.7. The van der Waals surface area contributed by atoms with E-state index < -0.39 is 34.3 Å².